The average Bonchev–Trinajstić information content (AvgIpc) is 2.40. The van der Waals surface area contributed by atoms with Crippen LogP contribution in [0.2, 0.25) is 0 Å². The van der Waals surface area contributed by atoms with Gasteiger partial charge in [-0.25, -0.2) is 4.98 Å². The Morgan fingerprint density at radius 2 is 2.70 bits per heavy atom. The predicted octanol–water partition coefficient (Wildman–Crippen LogP) is 1.05. The van der Waals surface area contributed by atoms with Crippen LogP contribution in [0.15, 0.2) is 17.1 Å². The largest absolute Gasteiger partial charge is 0.451 e. The van der Waals surface area contributed by atoms with Crippen LogP contribution in [-0.2, 0) is 11.2 Å². The van der Waals surface area contributed by atoms with Crippen LogP contribution < -0.4 is 0 Å². The maximum atomic E-state index is 10.2. The number of aldehydes is 1. The van der Waals surface area contributed by atoms with E-state index in [4.69, 9.17) is 4.42 Å². The number of rotatable bonds is 3. The Balaban J connectivity index is 2.47. The molecule has 1 aromatic rings. The molecule has 3 heteroatoms. The zero-order chi connectivity index (χ0) is 7.40. The van der Waals surface area contributed by atoms with Crippen LogP contribution in [0.1, 0.15) is 12.6 Å². The van der Waals surface area contributed by atoms with Crippen LogP contribution in [0.3, 0.4) is 0 Å². The summed E-state index contributed by atoms with van der Waals surface area (Å²) in [5, 5.41) is 0. The number of nitrogens with zero attached hydrogens (tertiary/aromatic N) is 1. The summed E-state index contributed by atoms with van der Waals surface area (Å²) in [5.74, 6) is 0.0325. The van der Waals surface area contributed by atoms with Crippen LogP contribution in [0.5, 0.6) is 0 Å². The zero-order valence-corrected chi connectivity index (χ0v) is 5.78. The van der Waals surface area contributed by atoms with E-state index in [-0.39, 0.29) is 5.92 Å². The van der Waals surface area contributed by atoms with Gasteiger partial charge in [-0.1, -0.05) is 6.92 Å². The van der Waals surface area contributed by atoms with Crippen LogP contribution in [-0.4, -0.2) is 11.3 Å². The van der Waals surface area contributed by atoms with Gasteiger partial charge >= 0.3 is 0 Å². The SMILES string of the molecule is C[C@@H](C=O)Cc1cocn1. The van der Waals surface area contributed by atoms with Gasteiger partial charge in [-0.2, -0.15) is 0 Å². The van der Waals surface area contributed by atoms with E-state index in [1.165, 1.54) is 6.39 Å². The molecule has 3 nitrogen and oxygen atoms in total. The quantitative estimate of drug-likeness (QED) is 0.588. The van der Waals surface area contributed by atoms with Crippen LogP contribution >= 0.6 is 0 Å². The molecule has 1 heterocycles. The summed E-state index contributed by atoms with van der Waals surface area (Å²) in [6.45, 7) is 1.85. The first-order chi connectivity index (χ1) is 4.83. The molecule has 0 spiro atoms. The Morgan fingerprint density at radius 3 is 3.20 bits per heavy atom. The molecule has 0 saturated heterocycles. The molecule has 54 valence electrons. The second kappa shape index (κ2) is 3.15. The predicted molar refractivity (Wildman–Crippen MR) is 35.4 cm³/mol. The molecule has 0 bridgehead atoms. The Labute approximate surface area is 59.1 Å². The van der Waals surface area contributed by atoms with Crippen LogP contribution in [0.25, 0.3) is 0 Å². The van der Waals surface area contributed by atoms with E-state index in [1.54, 1.807) is 6.26 Å². The normalized spacial score (nSPS) is 12.9. The van der Waals surface area contributed by atoms with E-state index in [9.17, 15) is 4.79 Å². The first kappa shape index (κ1) is 6.99. The van der Waals surface area contributed by atoms with E-state index in [1.807, 2.05) is 6.92 Å². The standard InChI is InChI=1S/C7H9NO2/c1-6(3-9)2-7-4-10-5-8-7/h3-6H,2H2,1H3/t6-/m1/s1. The Morgan fingerprint density at radius 1 is 1.90 bits per heavy atom. The second-order valence-corrected chi connectivity index (χ2v) is 2.30. The minimum Gasteiger partial charge on any atom is -0.451 e. The lowest BCUT2D eigenvalue weighted by atomic mass is 10.1. The van der Waals surface area contributed by atoms with Crippen molar-refractivity contribution in [3.8, 4) is 0 Å². The molecule has 0 aliphatic rings. The molecule has 0 fully saturated rings. The van der Waals surface area contributed by atoms with E-state index < -0.39 is 0 Å². The van der Waals surface area contributed by atoms with E-state index in [0.29, 0.717) is 6.42 Å². The molecule has 0 amide bonds. The van der Waals surface area contributed by atoms with Crippen molar-refractivity contribution >= 4 is 6.29 Å². The number of hydrogen-bond acceptors (Lipinski definition) is 3. The molecule has 10 heavy (non-hydrogen) atoms. The lowest BCUT2D eigenvalue weighted by Gasteiger charge is -1.95. The van der Waals surface area contributed by atoms with Crippen molar-refractivity contribution < 1.29 is 9.21 Å². The van der Waals surface area contributed by atoms with Gasteiger partial charge in [0.05, 0.1) is 5.69 Å². The van der Waals surface area contributed by atoms with Crippen molar-refractivity contribution in [2.45, 2.75) is 13.3 Å². The lowest BCUT2D eigenvalue weighted by Crippen LogP contribution is -2.00. The monoisotopic (exact) mass is 139 g/mol. The fourth-order valence-electron chi connectivity index (χ4n) is 0.716. The molecule has 0 aromatic carbocycles. The fraction of sp³-hybridized carbons (Fsp3) is 0.429. The highest BCUT2D eigenvalue weighted by molar-refractivity contribution is 5.53. The molecular formula is C7H9NO2. The summed E-state index contributed by atoms with van der Waals surface area (Å²) in [6.07, 6.45) is 4.50. The van der Waals surface area contributed by atoms with Crippen LogP contribution in [0, 0.1) is 5.92 Å². The van der Waals surface area contributed by atoms with Gasteiger partial charge in [-0.05, 0) is 0 Å². The number of carbonyl (C=O) groups is 1. The molecule has 0 saturated carbocycles. The topological polar surface area (TPSA) is 43.1 Å². The molecular weight excluding hydrogens is 130 g/mol. The fourth-order valence-corrected chi connectivity index (χ4v) is 0.716. The number of carbonyl (C=O) groups excluding carboxylic acids is 1. The van der Waals surface area contributed by atoms with Crippen LogP contribution in [0.4, 0.5) is 0 Å². The van der Waals surface area contributed by atoms with Gasteiger partial charge in [-0.15, -0.1) is 0 Å². The first-order valence-corrected chi connectivity index (χ1v) is 3.15. The first-order valence-electron chi connectivity index (χ1n) is 3.15. The third-order valence-electron chi connectivity index (χ3n) is 1.25. The summed E-state index contributed by atoms with van der Waals surface area (Å²) in [4.78, 5) is 14.1. The minimum absolute atomic E-state index is 0.0325. The minimum atomic E-state index is 0.0325. The third-order valence-corrected chi connectivity index (χ3v) is 1.25. The van der Waals surface area contributed by atoms with Crippen molar-refractivity contribution in [1.82, 2.24) is 4.98 Å². The molecule has 1 rings (SSSR count). The Hall–Kier alpha value is -1.12. The average molecular weight is 139 g/mol. The number of oxazole rings is 1. The number of hydrogen-bond donors (Lipinski definition) is 0. The van der Waals surface area contributed by atoms with Gasteiger partial charge in [0.1, 0.15) is 12.5 Å². The van der Waals surface area contributed by atoms with Gasteiger partial charge in [0, 0.05) is 12.3 Å². The zero-order valence-electron chi connectivity index (χ0n) is 5.78. The summed E-state index contributed by atoms with van der Waals surface area (Å²) in [5.41, 5.74) is 0.833. The van der Waals surface area contributed by atoms with Gasteiger partial charge in [0.15, 0.2) is 6.39 Å². The van der Waals surface area contributed by atoms with Gasteiger partial charge in [0.25, 0.3) is 0 Å². The third kappa shape index (κ3) is 1.69. The van der Waals surface area contributed by atoms with Gasteiger partial charge in [0.2, 0.25) is 0 Å². The molecule has 0 radical (unpaired) electrons. The molecule has 0 unspecified atom stereocenters. The van der Waals surface area contributed by atoms with E-state index in [2.05, 4.69) is 4.98 Å². The molecule has 0 aliphatic heterocycles. The number of aromatic nitrogens is 1. The molecule has 0 N–H and O–H groups in total. The van der Waals surface area contributed by atoms with Crippen molar-refractivity contribution in [2.24, 2.45) is 5.92 Å². The highest BCUT2D eigenvalue weighted by Crippen LogP contribution is 2.02. The summed E-state index contributed by atoms with van der Waals surface area (Å²) in [7, 11) is 0. The smallest absolute Gasteiger partial charge is 0.180 e. The Bertz CT molecular complexity index is 193. The highest BCUT2D eigenvalue weighted by atomic mass is 16.3. The molecule has 1 aromatic heterocycles. The maximum absolute atomic E-state index is 10.2. The van der Waals surface area contributed by atoms with E-state index >= 15 is 0 Å². The van der Waals surface area contributed by atoms with Gasteiger partial charge < -0.3 is 9.21 Å². The van der Waals surface area contributed by atoms with Crippen molar-refractivity contribution in [3.63, 3.8) is 0 Å². The van der Waals surface area contributed by atoms with Crippen molar-refractivity contribution in [2.75, 3.05) is 0 Å². The Kier molecular flexibility index (Phi) is 2.20. The van der Waals surface area contributed by atoms with E-state index in [0.717, 1.165) is 12.0 Å². The highest BCUT2D eigenvalue weighted by Gasteiger charge is 2.02. The van der Waals surface area contributed by atoms with Crippen molar-refractivity contribution in [3.05, 3.63) is 18.4 Å². The maximum Gasteiger partial charge on any atom is 0.180 e. The van der Waals surface area contributed by atoms with Crippen molar-refractivity contribution in [1.29, 1.82) is 0 Å². The molecule has 0 aliphatic carbocycles. The summed E-state index contributed by atoms with van der Waals surface area (Å²) in [6, 6.07) is 0. The summed E-state index contributed by atoms with van der Waals surface area (Å²) < 4.78 is 4.73. The second-order valence-electron chi connectivity index (χ2n) is 2.30. The summed E-state index contributed by atoms with van der Waals surface area (Å²) >= 11 is 0. The lowest BCUT2D eigenvalue weighted by molar-refractivity contribution is -0.110. The van der Waals surface area contributed by atoms with Gasteiger partial charge in [-0.3, -0.25) is 0 Å². The molecule has 1 atom stereocenters.